The molecule has 4 rings (SSSR count). The lowest BCUT2D eigenvalue weighted by Crippen LogP contribution is -2.34. The van der Waals surface area contributed by atoms with Gasteiger partial charge in [0.15, 0.2) is 5.11 Å². The number of hydrogen-bond acceptors (Lipinski definition) is 7. The Labute approximate surface area is 201 Å². The lowest BCUT2D eigenvalue weighted by atomic mass is 10.1. The van der Waals surface area contributed by atoms with Gasteiger partial charge in [0.25, 0.3) is 11.6 Å². The Balaban J connectivity index is 1.44. The number of benzene rings is 2. The molecule has 3 aromatic rings. The number of nitrogens with zero attached hydrogens (tertiary/aromatic N) is 2. The van der Waals surface area contributed by atoms with E-state index in [-0.39, 0.29) is 23.0 Å². The van der Waals surface area contributed by atoms with Gasteiger partial charge in [-0.15, -0.1) is 0 Å². The van der Waals surface area contributed by atoms with Gasteiger partial charge in [-0.1, -0.05) is 12.1 Å². The Kier molecular flexibility index (Phi) is 7.19. The van der Waals surface area contributed by atoms with E-state index in [0.717, 1.165) is 37.9 Å². The Morgan fingerprint density at radius 3 is 2.62 bits per heavy atom. The molecule has 0 radical (unpaired) electrons. The van der Waals surface area contributed by atoms with Crippen LogP contribution in [0.15, 0.2) is 59.0 Å². The first-order valence-corrected chi connectivity index (χ1v) is 11.3. The molecular formula is C24H24N4O5S. The molecule has 1 aromatic heterocycles. The molecule has 0 saturated carbocycles. The Morgan fingerprint density at radius 2 is 1.91 bits per heavy atom. The third-order valence-corrected chi connectivity index (χ3v) is 5.78. The largest absolute Gasteiger partial charge is 0.459 e. The molecule has 0 unspecified atom stereocenters. The summed E-state index contributed by atoms with van der Waals surface area (Å²) in [7, 11) is 0. The Morgan fingerprint density at radius 1 is 1.12 bits per heavy atom. The Bertz CT molecular complexity index is 1220. The van der Waals surface area contributed by atoms with E-state index in [1.807, 2.05) is 11.0 Å². The number of hydrogen-bond donors (Lipinski definition) is 3. The summed E-state index contributed by atoms with van der Waals surface area (Å²) in [5, 5.41) is 26.4. The van der Waals surface area contributed by atoms with E-state index in [9.17, 15) is 20.0 Å². The van der Waals surface area contributed by atoms with Gasteiger partial charge in [0.05, 0.1) is 4.92 Å². The third-order valence-electron chi connectivity index (χ3n) is 5.58. The molecule has 0 bridgehead atoms. The fraction of sp³-hybridized carbons (Fsp3) is 0.250. The number of anilines is 2. The summed E-state index contributed by atoms with van der Waals surface area (Å²) in [5.74, 6) is 0.501. The van der Waals surface area contributed by atoms with Crippen LogP contribution >= 0.6 is 12.2 Å². The van der Waals surface area contributed by atoms with Gasteiger partial charge >= 0.3 is 0 Å². The van der Waals surface area contributed by atoms with E-state index in [1.54, 1.807) is 42.5 Å². The second kappa shape index (κ2) is 10.4. The van der Waals surface area contributed by atoms with Crippen molar-refractivity contribution in [2.75, 3.05) is 23.3 Å². The minimum absolute atomic E-state index is 0.0559. The average Bonchev–Trinajstić information content (AvgIpc) is 3.34. The maximum atomic E-state index is 12.7. The summed E-state index contributed by atoms with van der Waals surface area (Å²) in [6.07, 6.45) is 3.09. The number of nitro groups is 1. The predicted octanol–water partition coefficient (Wildman–Crippen LogP) is 4.46. The van der Waals surface area contributed by atoms with Gasteiger partial charge in [-0.2, -0.15) is 0 Å². The zero-order chi connectivity index (χ0) is 24.1. The number of carbonyl (C=O) groups is 1. The third kappa shape index (κ3) is 5.41. The van der Waals surface area contributed by atoms with Crippen LogP contribution in [0.1, 0.15) is 35.4 Å². The van der Waals surface area contributed by atoms with E-state index in [1.165, 1.54) is 6.07 Å². The first-order chi connectivity index (χ1) is 16.4. The molecule has 3 N–H and O–H groups in total. The molecule has 176 valence electrons. The van der Waals surface area contributed by atoms with Crippen LogP contribution in [0.3, 0.4) is 0 Å². The number of aliphatic hydroxyl groups excluding tert-OH is 1. The summed E-state index contributed by atoms with van der Waals surface area (Å²) in [5.41, 5.74) is 1.97. The van der Waals surface area contributed by atoms with Crippen molar-refractivity contribution in [1.29, 1.82) is 0 Å². The van der Waals surface area contributed by atoms with Crippen molar-refractivity contribution in [3.63, 3.8) is 0 Å². The van der Waals surface area contributed by atoms with Gasteiger partial charge in [-0.05, 0) is 67.9 Å². The van der Waals surface area contributed by atoms with Crippen LogP contribution in [0.2, 0.25) is 0 Å². The average molecular weight is 481 g/mol. The lowest BCUT2D eigenvalue weighted by Gasteiger charge is -2.28. The highest BCUT2D eigenvalue weighted by molar-refractivity contribution is 7.80. The number of carbonyl (C=O) groups excluding carboxylic acids is 1. The molecule has 1 amide bonds. The molecule has 2 aromatic carbocycles. The van der Waals surface area contributed by atoms with Crippen molar-refractivity contribution < 1.29 is 19.2 Å². The minimum atomic E-state index is -0.541. The normalized spacial score (nSPS) is 13.4. The molecule has 1 aliphatic heterocycles. The predicted molar refractivity (Wildman–Crippen MR) is 133 cm³/mol. The van der Waals surface area contributed by atoms with Crippen LogP contribution in [0, 0.1) is 10.1 Å². The van der Waals surface area contributed by atoms with Gasteiger partial charge in [-0.3, -0.25) is 20.2 Å². The van der Waals surface area contributed by atoms with Gasteiger partial charge in [0, 0.05) is 36.0 Å². The number of rotatable bonds is 6. The maximum absolute atomic E-state index is 12.7. The van der Waals surface area contributed by atoms with Gasteiger partial charge < -0.3 is 19.7 Å². The maximum Gasteiger partial charge on any atom is 0.293 e. The fourth-order valence-corrected chi connectivity index (χ4v) is 4.13. The molecular weight excluding hydrogens is 456 g/mol. The second-order valence-electron chi connectivity index (χ2n) is 7.92. The fourth-order valence-electron chi connectivity index (χ4n) is 3.92. The zero-order valence-corrected chi connectivity index (χ0v) is 19.1. The van der Waals surface area contributed by atoms with Crippen molar-refractivity contribution in [1.82, 2.24) is 5.32 Å². The van der Waals surface area contributed by atoms with E-state index < -0.39 is 10.8 Å². The first kappa shape index (κ1) is 23.4. The van der Waals surface area contributed by atoms with E-state index >= 15 is 0 Å². The highest BCUT2D eigenvalue weighted by Gasteiger charge is 2.23. The summed E-state index contributed by atoms with van der Waals surface area (Å²) in [6, 6.07) is 15.1. The monoisotopic (exact) mass is 480 g/mol. The van der Waals surface area contributed by atoms with E-state index in [4.69, 9.17) is 16.6 Å². The SMILES string of the molecule is O=C(NC(=S)Nc1cccc(-c2ccc(CO)o2)c1)c1ccc(N2CCCCC2)c([N+](=O)[O-])c1. The number of nitrogens with one attached hydrogen (secondary N) is 2. The van der Waals surface area contributed by atoms with Crippen molar-refractivity contribution in [3.05, 3.63) is 76.0 Å². The Hall–Kier alpha value is -3.76. The number of aliphatic hydroxyl groups is 1. The quantitative estimate of drug-likeness (QED) is 0.269. The molecule has 9 nitrogen and oxygen atoms in total. The second-order valence-corrected chi connectivity index (χ2v) is 8.33. The summed E-state index contributed by atoms with van der Waals surface area (Å²) in [4.78, 5) is 25.9. The smallest absolute Gasteiger partial charge is 0.293 e. The molecule has 1 aliphatic rings. The van der Waals surface area contributed by atoms with Gasteiger partial charge in [0.1, 0.15) is 23.8 Å². The minimum Gasteiger partial charge on any atom is -0.459 e. The topological polar surface area (TPSA) is 121 Å². The van der Waals surface area contributed by atoms with E-state index in [0.29, 0.717) is 22.9 Å². The lowest BCUT2D eigenvalue weighted by molar-refractivity contribution is -0.384. The van der Waals surface area contributed by atoms with Gasteiger partial charge in [-0.25, -0.2) is 0 Å². The molecule has 34 heavy (non-hydrogen) atoms. The van der Waals surface area contributed by atoms with Crippen molar-refractivity contribution >= 4 is 40.3 Å². The van der Waals surface area contributed by atoms with Crippen LogP contribution in [0.4, 0.5) is 17.1 Å². The number of furan rings is 1. The number of piperidine rings is 1. The van der Waals surface area contributed by atoms with Gasteiger partial charge in [0.2, 0.25) is 0 Å². The number of thiocarbonyl (C=S) groups is 1. The van der Waals surface area contributed by atoms with Crippen molar-refractivity contribution in [3.8, 4) is 11.3 Å². The number of nitro benzene ring substituents is 1. The van der Waals surface area contributed by atoms with Crippen LogP contribution < -0.4 is 15.5 Å². The highest BCUT2D eigenvalue weighted by atomic mass is 32.1. The molecule has 1 saturated heterocycles. The molecule has 0 atom stereocenters. The van der Waals surface area contributed by atoms with Crippen LogP contribution in [0.25, 0.3) is 11.3 Å². The molecule has 0 aliphatic carbocycles. The first-order valence-electron chi connectivity index (χ1n) is 10.9. The van der Waals surface area contributed by atoms with E-state index in [2.05, 4.69) is 10.6 Å². The molecule has 2 heterocycles. The highest BCUT2D eigenvalue weighted by Crippen LogP contribution is 2.31. The van der Waals surface area contributed by atoms with Crippen LogP contribution in [-0.2, 0) is 6.61 Å². The number of amides is 1. The summed E-state index contributed by atoms with van der Waals surface area (Å²) >= 11 is 5.27. The molecule has 0 spiro atoms. The summed E-state index contributed by atoms with van der Waals surface area (Å²) < 4.78 is 5.55. The van der Waals surface area contributed by atoms with Crippen LogP contribution in [-0.4, -0.2) is 34.1 Å². The van der Waals surface area contributed by atoms with Crippen LogP contribution in [0.5, 0.6) is 0 Å². The summed E-state index contributed by atoms with van der Waals surface area (Å²) in [6.45, 7) is 1.34. The standard InChI is InChI=1S/C24H24N4O5S/c29-15-19-8-10-22(33-19)16-5-4-6-18(13-16)25-24(34)26-23(30)17-7-9-20(21(14-17)28(31)32)27-11-2-1-3-12-27/h4-10,13-14,29H,1-3,11-12,15H2,(H2,25,26,30,34). The molecule has 10 heteroatoms. The van der Waals surface area contributed by atoms with Crippen molar-refractivity contribution in [2.24, 2.45) is 0 Å². The van der Waals surface area contributed by atoms with Crippen molar-refractivity contribution in [2.45, 2.75) is 25.9 Å². The zero-order valence-electron chi connectivity index (χ0n) is 18.3. The molecule has 1 fully saturated rings.